The van der Waals surface area contributed by atoms with Gasteiger partial charge in [0.2, 0.25) is 5.89 Å². The third-order valence-corrected chi connectivity index (χ3v) is 10.4. The molecule has 4 fully saturated rings. The lowest BCUT2D eigenvalue weighted by Gasteiger charge is -2.44. The Morgan fingerprint density at radius 3 is 2.71 bits per heavy atom. The van der Waals surface area contributed by atoms with Crippen LogP contribution in [0.15, 0.2) is 58.3 Å². The molecule has 5 heteroatoms. The number of aliphatic hydroxyl groups excluding tert-OH is 3. The number of nitrogens with zero attached hydrogens (tertiary/aromatic N) is 1. The van der Waals surface area contributed by atoms with Gasteiger partial charge < -0.3 is 19.7 Å². The zero-order valence-electron chi connectivity index (χ0n) is 23.5. The van der Waals surface area contributed by atoms with Crippen molar-refractivity contribution in [3.05, 3.63) is 65.5 Å². The first-order valence-corrected chi connectivity index (χ1v) is 14.9. The van der Waals surface area contributed by atoms with Gasteiger partial charge in [-0.15, -0.1) is 0 Å². The summed E-state index contributed by atoms with van der Waals surface area (Å²) < 4.78 is 5.81. The van der Waals surface area contributed by atoms with Gasteiger partial charge in [0.1, 0.15) is 6.26 Å². The van der Waals surface area contributed by atoms with Crippen molar-refractivity contribution in [1.29, 1.82) is 0 Å². The zero-order chi connectivity index (χ0) is 27.1. The second kappa shape index (κ2) is 10.9. The number of hydrogen-bond acceptors (Lipinski definition) is 5. The van der Waals surface area contributed by atoms with E-state index >= 15 is 0 Å². The van der Waals surface area contributed by atoms with Crippen LogP contribution in [-0.2, 0) is 11.8 Å². The molecule has 208 valence electrons. The maximum atomic E-state index is 11.2. The van der Waals surface area contributed by atoms with Crippen LogP contribution in [0, 0.1) is 23.2 Å². The van der Waals surface area contributed by atoms with Crippen molar-refractivity contribution in [3.8, 4) is 0 Å². The number of hydrogen-bond donors (Lipinski definition) is 3. The van der Waals surface area contributed by atoms with Crippen molar-refractivity contribution >= 4 is 0 Å². The van der Waals surface area contributed by atoms with Gasteiger partial charge in [0.15, 0.2) is 0 Å². The smallest absolute Gasteiger partial charge is 0.203 e. The van der Waals surface area contributed by atoms with E-state index in [0.717, 1.165) is 48.9 Å². The number of oxazole rings is 1. The third kappa shape index (κ3) is 5.14. The van der Waals surface area contributed by atoms with E-state index < -0.39 is 18.3 Å². The lowest BCUT2D eigenvalue weighted by Crippen LogP contribution is -2.35. The number of aryl methyl sites for hydroxylation is 1. The predicted molar refractivity (Wildman–Crippen MR) is 150 cm³/mol. The van der Waals surface area contributed by atoms with Crippen molar-refractivity contribution in [3.63, 3.8) is 0 Å². The first-order chi connectivity index (χ1) is 18.2. The summed E-state index contributed by atoms with van der Waals surface area (Å²) in [5, 5.41) is 31.5. The molecule has 0 spiro atoms. The third-order valence-electron chi connectivity index (χ3n) is 10.4. The van der Waals surface area contributed by atoms with E-state index in [9.17, 15) is 15.3 Å². The quantitative estimate of drug-likeness (QED) is 0.347. The van der Waals surface area contributed by atoms with Crippen LogP contribution in [0.1, 0.15) is 96.6 Å². The minimum atomic E-state index is -0.643. The number of rotatable bonds is 8. The highest BCUT2D eigenvalue weighted by Gasteiger charge is 2.54. The molecule has 0 radical (unpaired) electrons. The molecule has 3 N–H and O–H groups in total. The Bertz CT molecular complexity index is 1110. The van der Waals surface area contributed by atoms with E-state index in [-0.39, 0.29) is 10.8 Å². The van der Waals surface area contributed by atoms with Gasteiger partial charge in [-0.2, -0.15) is 0 Å². The maximum Gasteiger partial charge on any atom is 0.203 e. The molecule has 4 saturated carbocycles. The van der Waals surface area contributed by atoms with Crippen molar-refractivity contribution in [1.82, 2.24) is 4.98 Å². The summed E-state index contributed by atoms with van der Waals surface area (Å²) in [4.78, 5) is 4.69. The van der Waals surface area contributed by atoms with Crippen LogP contribution >= 0.6 is 0 Å². The van der Waals surface area contributed by atoms with Crippen molar-refractivity contribution < 1.29 is 19.7 Å². The van der Waals surface area contributed by atoms with Crippen molar-refractivity contribution in [2.75, 3.05) is 0 Å². The molecule has 0 aromatic carbocycles. The minimum absolute atomic E-state index is 0.245. The van der Waals surface area contributed by atoms with Crippen LogP contribution in [0.2, 0.25) is 0 Å². The summed E-state index contributed by atoms with van der Waals surface area (Å²) in [6.45, 7) is 11.0. The summed E-state index contributed by atoms with van der Waals surface area (Å²) in [7, 11) is 0. The van der Waals surface area contributed by atoms with Gasteiger partial charge in [0.25, 0.3) is 0 Å². The highest BCUT2D eigenvalue weighted by Crippen LogP contribution is 2.60. The van der Waals surface area contributed by atoms with Gasteiger partial charge in [-0.05, 0) is 92.1 Å². The molecule has 0 bridgehead atoms. The SMILES string of the molecule is C=C1C(=CC=C2CCC[C@]3(C)[C@@H]([C@H](C)C=C[C@H](O)C4(c5nc(CCC)co5)CC4)CC[C@@H]23)C[C@@H](O)C[C@@H]1O. The standard InChI is InChI=1S/C33H47NO4/c1-5-7-25-20-38-31(34-25)33(16-17-33)30(37)14-9-21(2)27-12-13-28-23(8-6-15-32(27,28)4)10-11-24-18-26(35)19-29(36)22(24)3/h9-11,14,20-21,26-30,35-37H,3,5-8,12-13,15-19H2,1-2,4H3/t21-,26-,27-,28+,29+,30+,32-/m1/s1. The molecule has 7 atom stereocenters. The summed E-state index contributed by atoms with van der Waals surface area (Å²) in [6.07, 6.45) is 19.4. The van der Waals surface area contributed by atoms with E-state index in [2.05, 4.69) is 45.6 Å². The first kappa shape index (κ1) is 27.6. The molecule has 1 heterocycles. The van der Waals surface area contributed by atoms with E-state index in [1.165, 1.54) is 31.3 Å². The van der Waals surface area contributed by atoms with Crippen molar-refractivity contribution in [2.24, 2.45) is 23.2 Å². The Balaban J connectivity index is 1.27. The van der Waals surface area contributed by atoms with E-state index in [1.54, 1.807) is 6.26 Å². The van der Waals surface area contributed by atoms with Crippen LogP contribution in [0.4, 0.5) is 0 Å². The monoisotopic (exact) mass is 521 g/mol. The molecule has 4 aliphatic rings. The lowest BCUT2D eigenvalue weighted by molar-refractivity contribution is 0.0862. The Morgan fingerprint density at radius 2 is 1.97 bits per heavy atom. The van der Waals surface area contributed by atoms with Crippen LogP contribution in [0.3, 0.4) is 0 Å². The summed E-state index contributed by atoms with van der Waals surface area (Å²) in [6, 6.07) is 0. The predicted octanol–water partition coefficient (Wildman–Crippen LogP) is 6.35. The Kier molecular flexibility index (Phi) is 7.92. The zero-order valence-corrected chi connectivity index (χ0v) is 23.5. The van der Waals surface area contributed by atoms with Gasteiger partial charge in [-0.25, -0.2) is 4.98 Å². The number of aromatic nitrogens is 1. The van der Waals surface area contributed by atoms with Crippen LogP contribution in [0.5, 0.6) is 0 Å². The molecule has 0 saturated heterocycles. The molecule has 0 amide bonds. The molecule has 5 rings (SSSR count). The summed E-state index contributed by atoms with van der Waals surface area (Å²) in [5.41, 5.74) is 4.14. The number of allylic oxidation sites excluding steroid dienone is 4. The average molecular weight is 522 g/mol. The minimum Gasteiger partial charge on any atom is -0.448 e. The molecule has 5 nitrogen and oxygen atoms in total. The first-order valence-electron chi connectivity index (χ1n) is 14.9. The van der Waals surface area contributed by atoms with Gasteiger partial charge in [-0.1, -0.05) is 63.6 Å². The Labute approximate surface area is 228 Å². The average Bonchev–Trinajstić information content (AvgIpc) is 3.42. The fourth-order valence-electron chi connectivity index (χ4n) is 7.88. The molecule has 1 aromatic heterocycles. The Hall–Kier alpha value is -1.95. The summed E-state index contributed by atoms with van der Waals surface area (Å²) in [5.74, 6) is 2.23. The highest BCUT2D eigenvalue weighted by molar-refractivity contribution is 5.38. The number of fused-ring (bicyclic) bond motifs is 1. The maximum absolute atomic E-state index is 11.2. The second-order valence-electron chi connectivity index (χ2n) is 12.9. The molecule has 0 aliphatic heterocycles. The topological polar surface area (TPSA) is 86.7 Å². The lowest BCUT2D eigenvalue weighted by atomic mass is 9.61. The van der Waals surface area contributed by atoms with Gasteiger partial charge in [0, 0.05) is 6.42 Å². The van der Waals surface area contributed by atoms with Gasteiger partial charge in [-0.3, -0.25) is 0 Å². The van der Waals surface area contributed by atoms with Gasteiger partial charge >= 0.3 is 0 Å². The van der Waals surface area contributed by atoms with Crippen LogP contribution in [0.25, 0.3) is 0 Å². The number of aliphatic hydroxyl groups is 3. The molecule has 38 heavy (non-hydrogen) atoms. The van der Waals surface area contributed by atoms with E-state index in [0.29, 0.717) is 36.5 Å². The van der Waals surface area contributed by atoms with Crippen LogP contribution in [-0.4, -0.2) is 38.6 Å². The second-order valence-corrected chi connectivity index (χ2v) is 12.9. The summed E-state index contributed by atoms with van der Waals surface area (Å²) >= 11 is 0. The normalized spacial score (nSPS) is 36.6. The highest BCUT2D eigenvalue weighted by atomic mass is 16.3. The van der Waals surface area contributed by atoms with Crippen molar-refractivity contribution in [2.45, 2.75) is 115 Å². The fraction of sp³-hybridized carbons (Fsp3) is 0.667. The van der Waals surface area contributed by atoms with Gasteiger partial charge in [0.05, 0.1) is 29.4 Å². The fourth-order valence-corrected chi connectivity index (χ4v) is 7.88. The Morgan fingerprint density at radius 1 is 1.18 bits per heavy atom. The van der Waals surface area contributed by atoms with E-state index in [1.807, 2.05) is 6.08 Å². The molecule has 0 unspecified atom stereocenters. The van der Waals surface area contributed by atoms with E-state index in [4.69, 9.17) is 9.40 Å². The van der Waals surface area contributed by atoms with Crippen LogP contribution < -0.4 is 0 Å². The molecular weight excluding hydrogens is 474 g/mol. The molecule has 4 aliphatic carbocycles. The molecule has 1 aromatic rings. The largest absolute Gasteiger partial charge is 0.448 e. The molecular formula is C33H47NO4.